The lowest BCUT2D eigenvalue weighted by Crippen LogP contribution is -2.53. The number of rotatable bonds is 4. The van der Waals surface area contributed by atoms with Crippen molar-refractivity contribution in [3.63, 3.8) is 0 Å². The van der Waals surface area contributed by atoms with E-state index < -0.39 is 11.2 Å². The van der Waals surface area contributed by atoms with E-state index in [1.807, 2.05) is 133 Å². The summed E-state index contributed by atoms with van der Waals surface area (Å²) >= 11 is 0. The van der Waals surface area contributed by atoms with Gasteiger partial charge in [0.1, 0.15) is 0 Å². The summed E-state index contributed by atoms with van der Waals surface area (Å²) in [6, 6.07) is 51.9. The van der Waals surface area contributed by atoms with Crippen molar-refractivity contribution in [3.8, 4) is 33.4 Å². The summed E-state index contributed by atoms with van der Waals surface area (Å²) < 4.78 is 0. The van der Waals surface area contributed by atoms with Crippen molar-refractivity contribution in [3.05, 3.63) is 180 Å². The van der Waals surface area contributed by atoms with Crippen LogP contribution in [0.2, 0.25) is 0 Å². The maximum atomic E-state index is 13.0. The van der Waals surface area contributed by atoms with Gasteiger partial charge in [-0.25, -0.2) is 0 Å². The van der Waals surface area contributed by atoms with E-state index in [1.165, 1.54) is 0 Å². The summed E-state index contributed by atoms with van der Waals surface area (Å²) in [5, 5.41) is 26.0. The summed E-state index contributed by atoms with van der Waals surface area (Å²) in [7, 11) is 0. The molecule has 2 nitrogen and oxygen atoms in total. The molecule has 1 aliphatic carbocycles. The van der Waals surface area contributed by atoms with Crippen LogP contribution in [-0.2, 0) is 11.2 Å². The second-order valence-corrected chi connectivity index (χ2v) is 10.4. The Morgan fingerprint density at radius 1 is 0.300 bits per heavy atom. The van der Waals surface area contributed by atoms with Gasteiger partial charge in [0, 0.05) is 0 Å². The van der Waals surface area contributed by atoms with E-state index in [9.17, 15) is 10.2 Å². The van der Waals surface area contributed by atoms with E-state index in [-0.39, 0.29) is 0 Å². The molecule has 0 unspecified atom stereocenters. The molecule has 40 heavy (non-hydrogen) atoms. The van der Waals surface area contributed by atoms with Gasteiger partial charge in [0.15, 0.2) is 11.2 Å². The Balaban J connectivity index is 1.46. The predicted octanol–water partition coefficient (Wildman–Crippen LogP) is 8.17. The fourth-order valence-electron chi connectivity index (χ4n) is 6.25. The maximum absolute atomic E-state index is 13.0. The van der Waals surface area contributed by atoms with Gasteiger partial charge in [-0.3, -0.25) is 0 Å². The molecule has 2 atom stereocenters. The van der Waals surface area contributed by atoms with Crippen LogP contribution in [0, 0.1) is 0 Å². The Bertz CT molecular complexity index is 1660. The SMILES string of the molecule is O[C@@]1(c2ccc(-c3ccccc3)cc2)c2ccccc2-c2ccccc2[C@@]1(O)c1ccc(-c2ccccc2)cc1. The van der Waals surface area contributed by atoms with Gasteiger partial charge in [-0.2, -0.15) is 0 Å². The standard InChI is InChI=1S/C38H28O2/c39-37(31-23-19-29(20-24-31)27-11-3-1-4-12-27)35-17-9-7-15-33(35)34-16-8-10-18-36(34)38(37,40)32-25-21-30(22-26-32)28-13-5-2-6-14-28/h1-26,39-40H/t37-,38-/m0/s1. The van der Waals surface area contributed by atoms with Crippen molar-refractivity contribution < 1.29 is 10.2 Å². The normalized spacial score (nSPS) is 19.4. The topological polar surface area (TPSA) is 40.5 Å². The van der Waals surface area contributed by atoms with Gasteiger partial charge in [-0.15, -0.1) is 0 Å². The first-order valence-electron chi connectivity index (χ1n) is 13.6. The number of benzene rings is 6. The second-order valence-electron chi connectivity index (χ2n) is 10.4. The van der Waals surface area contributed by atoms with E-state index in [0.29, 0.717) is 22.3 Å². The molecule has 0 bridgehead atoms. The molecule has 0 saturated carbocycles. The first-order valence-corrected chi connectivity index (χ1v) is 13.6. The Hall–Kier alpha value is -4.76. The van der Waals surface area contributed by atoms with Crippen LogP contribution in [0.25, 0.3) is 33.4 Å². The predicted molar refractivity (Wildman–Crippen MR) is 162 cm³/mol. The van der Waals surface area contributed by atoms with Crippen LogP contribution in [0.4, 0.5) is 0 Å². The zero-order chi connectivity index (χ0) is 27.2. The van der Waals surface area contributed by atoms with Crippen molar-refractivity contribution in [2.75, 3.05) is 0 Å². The minimum Gasteiger partial charge on any atom is -0.377 e. The number of hydrogen-bond donors (Lipinski definition) is 2. The molecule has 0 radical (unpaired) electrons. The number of hydrogen-bond acceptors (Lipinski definition) is 2. The van der Waals surface area contributed by atoms with E-state index >= 15 is 0 Å². The third-order valence-electron chi connectivity index (χ3n) is 8.27. The summed E-state index contributed by atoms with van der Waals surface area (Å²) in [6.07, 6.45) is 0. The summed E-state index contributed by atoms with van der Waals surface area (Å²) in [6.45, 7) is 0. The number of fused-ring (bicyclic) bond motifs is 3. The van der Waals surface area contributed by atoms with Gasteiger partial charge in [-0.1, -0.05) is 158 Å². The molecule has 0 saturated heterocycles. The molecular formula is C38H28O2. The van der Waals surface area contributed by atoms with Gasteiger partial charge < -0.3 is 10.2 Å². The largest absolute Gasteiger partial charge is 0.377 e. The molecule has 0 amide bonds. The zero-order valence-electron chi connectivity index (χ0n) is 21.9. The average Bonchev–Trinajstić information content (AvgIpc) is 3.04. The third-order valence-corrected chi connectivity index (χ3v) is 8.27. The molecule has 6 aromatic carbocycles. The van der Waals surface area contributed by atoms with Crippen LogP contribution in [0.5, 0.6) is 0 Å². The van der Waals surface area contributed by atoms with Crippen LogP contribution < -0.4 is 0 Å². The molecule has 2 N–H and O–H groups in total. The molecule has 192 valence electrons. The summed E-state index contributed by atoms with van der Waals surface area (Å²) in [5.74, 6) is 0. The first-order chi connectivity index (χ1) is 19.6. The molecule has 0 aromatic heterocycles. The molecule has 6 aromatic rings. The first kappa shape index (κ1) is 24.3. The molecule has 2 heteroatoms. The van der Waals surface area contributed by atoms with Crippen LogP contribution >= 0.6 is 0 Å². The Labute approximate surface area is 234 Å². The van der Waals surface area contributed by atoms with E-state index in [4.69, 9.17) is 0 Å². The highest BCUT2D eigenvalue weighted by Crippen LogP contribution is 2.57. The fraction of sp³-hybridized carbons (Fsp3) is 0.0526. The maximum Gasteiger partial charge on any atom is 0.152 e. The smallest absolute Gasteiger partial charge is 0.152 e. The Morgan fingerprint density at radius 3 is 0.975 bits per heavy atom. The lowest BCUT2D eigenvalue weighted by molar-refractivity contribution is -0.114. The molecule has 0 heterocycles. The van der Waals surface area contributed by atoms with Gasteiger partial charge >= 0.3 is 0 Å². The lowest BCUT2D eigenvalue weighted by atomic mass is 9.60. The molecule has 0 fully saturated rings. The van der Waals surface area contributed by atoms with Crippen molar-refractivity contribution in [2.24, 2.45) is 0 Å². The lowest BCUT2D eigenvalue weighted by Gasteiger charge is -2.49. The van der Waals surface area contributed by atoms with Gasteiger partial charge in [0.05, 0.1) is 0 Å². The van der Waals surface area contributed by atoms with Crippen LogP contribution in [-0.4, -0.2) is 10.2 Å². The summed E-state index contributed by atoms with van der Waals surface area (Å²) in [4.78, 5) is 0. The highest BCUT2D eigenvalue weighted by molar-refractivity contribution is 5.80. The summed E-state index contributed by atoms with van der Waals surface area (Å²) in [5.41, 5.74) is 5.24. The highest BCUT2D eigenvalue weighted by atomic mass is 16.4. The zero-order valence-corrected chi connectivity index (χ0v) is 21.9. The van der Waals surface area contributed by atoms with Gasteiger partial charge in [0.25, 0.3) is 0 Å². The monoisotopic (exact) mass is 516 g/mol. The van der Waals surface area contributed by atoms with Crippen molar-refractivity contribution in [1.29, 1.82) is 0 Å². The molecule has 0 spiro atoms. The number of aliphatic hydroxyl groups is 2. The van der Waals surface area contributed by atoms with Gasteiger partial charge in [0.2, 0.25) is 0 Å². The van der Waals surface area contributed by atoms with E-state index in [0.717, 1.165) is 33.4 Å². The van der Waals surface area contributed by atoms with Crippen molar-refractivity contribution >= 4 is 0 Å². The molecule has 1 aliphatic rings. The highest BCUT2D eigenvalue weighted by Gasteiger charge is 2.58. The van der Waals surface area contributed by atoms with Crippen molar-refractivity contribution in [1.82, 2.24) is 0 Å². The Kier molecular flexibility index (Phi) is 5.74. The molecular weight excluding hydrogens is 488 g/mol. The second kappa shape index (κ2) is 9.46. The van der Waals surface area contributed by atoms with Gasteiger partial charge in [-0.05, 0) is 55.6 Å². The van der Waals surface area contributed by atoms with Crippen LogP contribution in [0.1, 0.15) is 22.3 Å². The van der Waals surface area contributed by atoms with Crippen LogP contribution in [0.3, 0.4) is 0 Å². The molecule has 7 rings (SSSR count). The van der Waals surface area contributed by atoms with Crippen LogP contribution in [0.15, 0.2) is 158 Å². The van der Waals surface area contributed by atoms with E-state index in [2.05, 4.69) is 24.3 Å². The average molecular weight is 517 g/mol. The minimum absolute atomic E-state index is 0.628. The van der Waals surface area contributed by atoms with E-state index in [1.54, 1.807) is 0 Å². The third kappa shape index (κ3) is 3.58. The molecule has 0 aliphatic heterocycles. The fourth-order valence-corrected chi connectivity index (χ4v) is 6.25. The minimum atomic E-state index is -1.75. The Morgan fingerprint density at radius 2 is 0.600 bits per heavy atom. The quantitative estimate of drug-likeness (QED) is 0.248. The van der Waals surface area contributed by atoms with Crippen molar-refractivity contribution in [2.45, 2.75) is 11.2 Å².